The van der Waals surface area contributed by atoms with Gasteiger partial charge in [-0.25, -0.2) is 4.99 Å². The van der Waals surface area contributed by atoms with Crippen LogP contribution in [0.15, 0.2) is 59.6 Å². The van der Waals surface area contributed by atoms with E-state index in [2.05, 4.69) is 4.99 Å². The number of nitrogens with zero attached hydrogens (tertiary/aromatic N) is 3. The summed E-state index contributed by atoms with van der Waals surface area (Å²) in [6.07, 6.45) is 0.0722. The second-order valence-electron chi connectivity index (χ2n) is 6.04. The molecule has 0 saturated carbocycles. The fraction of sp³-hybridized carbons (Fsp3) is 0.0526. The third kappa shape index (κ3) is 2.63. The lowest BCUT2D eigenvalue weighted by atomic mass is 10.0. The summed E-state index contributed by atoms with van der Waals surface area (Å²) < 4.78 is 0. The zero-order valence-corrected chi connectivity index (χ0v) is 13.8. The number of carbonyl (C=O) groups is 1. The number of nitro benzene ring substituents is 2. The van der Waals surface area contributed by atoms with Crippen LogP contribution in [0.4, 0.5) is 11.4 Å². The molecule has 0 unspecified atom stereocenters. The van der Waals surface area contributed by atoms with Gasteiger partial charge in [-0.2, -0.15) is 0 Å². The van der Waals surface area contributed by atoms with E-state index in [0.717, 1.165) is 6.07 Å². The molecule has 3 aromatic rings. The van der Waals surface area contributed by atoms with Crippen LogP contribution in [0.3, 0.4) is 0 Å². The first kappa shape index (κ1) is 16.5. The predicted octanol–water partition coefficient (Wildman–Crippen LogP) is 3.84. The first-order valence-electron chi connectivity index (χ1n) is 8.02. The maximum Gasteiger partial charge on any atom is 0.284 e. The van der Waals surface area contributed by atoms with Crippen LogP contribution in [0.1, 0.15) is 21.5 Å². The van der Waals surface area contributed by atoms with Crippen LogP contribution in [0, 0.1) is 20.2 Å². The summed E-state index contributed by atoms with van der Waals surface area (Å²) in [5.74, 6) is -0.465. The van der Waals surface area contributed by atoms with Crippen LogP contribution >= 0.6 is 0 Å². The molecule has 0 saturated heterocycles. The number of aliphatic imine (C=N–C) groups is 1. The molecule has 1 amide bonds. The van der Waals surface area contributed by atoms with Crippen LogP contribution in [-0.4, -0.2) is 21.5 Å². The fourth-order valence-corrected chi connectivity index (χ4v) is 3.38. The standard InChI is InChI=1S/C19H11N3O5/c23-19(11-5-2-1-3-6-11)20-15-9-14-17(22(26)27)10-16(21(24)25)13-8-4-7-12(15)18(13)14/h1-8,10H,9H2. The molecule has 0 spiro atoms. The summed E-state index contributed by atoms with van der Waals surface area (Å²) in [7, 11) is 0. The van der Waals surface area contributed by atoms with Gasteiger partial charge in [0.05, 0.1) is 27.0 Å². The molecule has 1 aliphatic rings. The van der Waals surface area contributed by atoms with Gasteiger partial charge in [-0.05, 0) is 18.2 Å². The summed E-state index contributed by atoms with van der Waals surface area (Å²) in [5.41, 5.74) is 0.952. The van der Waals surface area contributed by atoms with Gasteiger partial charge >= 0.3 is 0 Å². The first-order chi connectivity index (χ1) is 13.0. The summed E-state index contributed by atoms with van der Waals surface area (Å²) in [6.45, 7) is 0. The van der Waals surface area contributed by atoms with Gasteiger partial charge in [0.1, 0.15) is 0 Å². The summed E-state index contributed by atoms with van der Waals surface area (Å²) in [4.78, 5) is 38.1. The van der Waals surface area contributed by atoms with Gasteiger partial charge in [0.25, 0.3) is 17.3 Å². The number of hydrogen-bond donors (Lipinski definition) is 0. The molecule has 8 heteroatoms. The van der Waals surface area contributed by atoms with E-state index in [9.17, 15) is 25.0 Å². The van der Waals surface area contributed by atoms with Crippen molar-refractivity contribution in [3.63, 3.8) is 0 Å². The van der Waals surface area contributed by atoms with E-state index in [4.69, 9.17) is 0 Å². The zero-order chi connectivity index (χ0) is 19.1. The molecule has 1 aliphatic carbocycles. The summed E-state index contributed by atoms with van der Waals surface area (Å²) in [6, 6.07) is 14.3. The number of hydrogen-bond acceptors (Lipinski definition) is 5. The molecular formula is C19H11N3O5. The maximum absolute atomic E-state index is 12.4. The Hall–Kier alpha value is -3.94. The van der Waals surface area contributed by atoms with Gasteiger partial charge in [0, 0.05) is 28.5 Å². The van der Waals surface area contributed by atoms with Crippen LogP contribution in [0.2, 0.25) is 0 Å². The molecule has 0 N–H and O–H groups in total. The van der Waals surface area contributed by atoms with Crippen molar-refractivity contribution in [3.05, 3.63) is 91.5 Å². The molecule has 0 aromatic heterocycles. The zero-order valence-electron chi connectivity index (χ0n) is 13.8. The molecule has 27 heavy (non-hydrogen) atoms. The number of amides is 1. The Bertz CT molecular complexity index is 1170. The number of benzene rings is 3. The molecule has 8 nitrogen and oxygen atoms in total. The molecule has 0 atom stereocenters. The SMILES string of the molecule is O=C(N=C1Cc2c([N+](=O)[O-])cc([N+](=O)[O-])c3cccc1c23)c1ccccc1. The lowest BCUT2D eigenvalue weighted by Gasteiger charge is -2.03. The second kappa shape index (κ2) is 6.10. The highest BCUT2D eigenvalue weighted by atomic mass is 16.6. The Morgan fingerprint density at radius 2 is 1.63 bits per heavy atom. The molecule has 0 aliphatic heterocycles. The van der Waals surface area contributed by atoms with E-state index in [0.29, 0.717) is 33.2 Å². The van der Waals surface area contributed by atoms with E-state index in [1.54, 1.807) is 48.5 Å². The summed E-state index contributed by atoms with van der Waals surface area (Å²) >= 11 is 0. The molecule has 0 radical (unpaired) electrons. The smallest absolute Gasteiger partial charge is 0.267 e. The minimum absolute atomic E-state index is 0.0722. The quantitative estimate of drug-likeness (QED) is 0.519. The molecule has 0 fully saturated rings. The van der Waals surface area contributed by atoms with Crippen molar-refractivity contribution in [3.8, 4) is 0 Å². The van der Waals surface area contributed by atoms with Crippen LogP contribution in [-0.2, 0) is 6.42 Å². The van der Waals surface area contributed by atoms with Crippen molar-refractivity contribution in [2.75, 3.05) is 0 Å². The molecule has 0 bridgehead atoms. The van der Waals surface area contributed by atoms with Gasteiger partial charge in [-0.3, -0.25) is 25.0 Å². The average Bonchev–Trinajstić information content (AvgIpc) is 3.02. The van der Waals surface area contributed by atoms with Gasteiger partial charge in [-0.1, -0.05) is 30.3 Å². The van der Waals surface area contributed by atoms with E-state index in [-0.39, 0.29) is 17.8 Å². The molecular weight excluding hydrogens is 350 g/mol. The Kier molecular flexibility index (Phi) is 3.73. The number of rotatable bonds is 3. The average molecular weight is 361 g/mol. The van der Waals surface area contributed by atoms with Crippen molar-refractivity contribution in [2.24, 2.45) is 4.99 Å². The van der Waals surface area contributed by atoms with Crippen LogP contribution < -0.4 is 0 Å². The first-order valence-corrected chi connectivity index (χ1v) is 8.02. The lowest BCUT2D eigenvalue weighted by Crippen LogP contribution is -2.04. The van der Waals surface area contributed by atoms with E-state index < -0.39 is 15.8 Å². The number of carbonyl (C=O) groups excluding carboxylic acids is 1. The minimum Gasteiger partial charge on any atom is -0.267 e. The fourth-order valence-electron chi connectivity index (χ4n) is 3.38. The van der Waals surface area contributed by atoms with E-state index in [1.807, 2.05) is 0 Å². The monoisotopic (exact) mass is 361 g/mol. The predicted molar refractivity (Wildman–Crippen MR) is 98.3 cm³/mol. The number of nitro groups is 2. The third-order valence-corrected chi connectivity index (χ3v) is 4.53. The highest BCUT2D eigenvalue weighted by molar-refractivity contribution is 6.23. The van der Waals surface area contributed by atoms with Crippen molar-refractivity contribution < 1.29 is 14.6 Å². The highest BCUT2D eigenvalue weighted by Crippen LogP contribution is 2.41. The Morgan fingerprint density at radius 1 is 0.926 bits per heavy atom. The van der Waals surface area contributed by atoms with Gasteiger partial charge < -0.3 is 0 Å². The topological polar surface area (TPSA) is 116 Å². The van der Waals surface area contributed by atoms with E-state index in [1.165, 1.54) is 0 Å². The van der Waals surface area contributed by atoms with Gasteiger partial charge in [-0.15, -0.1) is 0 Å². The van der Waals surface area contributed by atoms with Crippen molar-refractivity contribution in [1.29, 1.82) is 0 Å². The van der Waals surface area contributed by atoms with Crippen molar-refractivity contribution in [1.82, 2.24) is 0 Å². The van der Waals surface area contributed by atoms with Crippen molar-refractivity contribution in [2.45, 2.75) is 6.42 Å². The maximum atomic E-state index is 12.4. The Labute approximate surface area is 152 Å². The molecule has 4 rings (SSSR count). The van der Waals surface area contributed by atoms with Gasteiger partial charge in [0.2, 0.25) is 0 Å². The molecule has 132 valence electrons. The largest absolute Gasteiger partial charge is 0.284 e. The Morgan fingerprint density at radius 3 is 2.30 bits per heavy atom. The normalized spacial score (nSPS) is 13.9. The summed E-state index contributed by atoms with van der Waals surface area (Å²) in [5, 5.41) is 23.5. The van der Waals surface area contributed by atoms with Crippen molar-refractivity contribution >= 4 is 33.8 Å². The molecule has 3 aromatic carbocycles. The van der Waals surface area contributed by atoms with Crippen LogP contribution in [0.5, 0.6) is 0 Å². The third-order valence-electron chi connectivity index (χ3n) is 4.53. The van der Waals surface area contributed by atoms with Crippen LogP contribution in [0.25, 0.3) is 10.8 Å². The lowest BCUT2D eigenvalue weighted by molar-refractivity contribution is -0.393. The highest BCUT2D eigenvalue weighted by Gasteiger charge is 2.33. The Balaban J connectivity index is 1.94. The van der Waals surface area contributed by atoms with Gasteiger partial charge in [0.15, 0.2) is 0 Å². The molecule has 0 heterocycles. The van der Waals surface area contributed by atoms with E-state index >= 15 is 0 Å². The number of non-ortho nitro benzene ring substituents is 1. The second-order valence-corrected chi connectivity index (χ2v) is 6.04. The minimum atomic E-state index is -0.639.